The van der Waals surface area contributed by atoms with Crippen molar-refractivity contribution in [3.05, 3.63) is 24.3 Å². The third kappa shape index (κ3) is 1.58. The molecular formula is C15H19NO5S. The number of hydrogen-bond acceptors (Lipinski definition) is 5. The number of ether oxygens (including phenoxy) is 2. The molecule has 2 atom stereocenters. The Kier molecular flexibility index (Phi) is 3.10. The number of methoxy groups -OCH3 is 1. The molecule has 6 nitrogen and oxygen atoms in total. The molecule has 0 bridgehead atoms. The summed E-state index contributed by atoms with van der Waals surface area (Å²) in [7, 11) is 1.29. The van der Waals surface area contributed by atoms with Crippen molar-refractivity contribution in [2.75, 3.05) is 12.0 Å². The number of fused-ring (bicyclic) bond motifs is 1. The van der Waals surface area contributed by atoms with E-state index >= 15 is 0 Å². The zero-order chi connectivity index (χ0) is 16.3. The lowest BCUT2D eigenvalue weighted by Crippen LogP contribution is -2.63. The number of carbonyl (C=O) groups is 1. The number of rotatable bonds is 0. The van der Waals surface area contributed by atoms with E-state index in [1.807, 2.05) is 27.7 Å². The quantitative estimate of drug-likeness (QED) is 0.734. The molecule has 0 aliphatic carbocycles. The summed E-state index contributed by atoms with van der Waals surface area (Å²) in [4.78, 5) is 13.7. The Morgan fingerprint density at radius 2 is 1.86 bits per heavy atom. The molecule has 0 saturated carbocycles. The fourth-order valence-corrected chi connectivity index (χ4v) is 4.69. The predicted octanol–water partition coefficient (Wildman–Crippen LogP) is 2.80. The van der Waals surface area contributed by atoms with Crippen LogP contribution in [0.1, 0.15) is 27.7 Å². The van der Waals surface area contributed by atoms with Crippen molar-refractivity contribution >= 4 is 22.9 Å². The molecule has 7 heteroatoms. The highest BCUT2D eigenvalue weighted by molar-refractivity contribution is 7.82. The Morgan fingerprint density at radius 3 is 2.41 bits per heavy atom. The number of anilines is 1. The first-order valence-electron chi connectivity index (χ1n) is 6.96. The highest BCUT2D eigenvalue weighted by Gasteiger charge is 2.74. The lowest BCUT2D eigenvalue weighted by Gasteiger charge is -2.42. The molecule has 0 N–H and O–H groups in total. The van der Waals surface area contributed by atoms with Gasteiger partial charge in [-0.25, -0.2) is 13.9 Å². The van der Waals surface area contributed by atoms with Gasteiger partial charge in [-0.1, -0.05) is 26.0 Å². The van der Waals surface area contributed by atoms with E-state index in [0.29, 0.717) is 11.4 Å². The van der Waals surface area contributed by atoms with Crippen molar-refractivity contribution in [1.82, 2.24) is 0 Å². The predicted molar refractivity (Wildman–Crippen MR) is 81.8 cm³/mol. The molecule has 1 fully saturated rings. The van der Waals surface area contributed by atoms with Crippen molar-refractivity contribution in [3.63, 3.8) is 0 Å². The van der Waals surface area contributed by atoms with Gasteiger partial charge in [-0.2, -0.15) is 0 Å². The van der Waals surface area contributed by atoms with Crippen LogP contribution in [0.15, 0.2) is 24.3 Å². The van der Waals surface area contributed by atoms with Crippen LogP contribution in [0.2, 0.25) is 0 Å². The second kappa shape index (κ2) is 4.45. The summed E-state index contributed by atoms with van der Waals surface area (Å²) >= 11 is -1.87. The summed E-state index contributed by atoms with van der Waals surface area (Å²) < 4.78 is 29.5. The van der Waals surface area contributed by atoms with Crippen molar-refractivity contribution in [2.24, 2.45) is 5.41 Å². The summed E-state index contributed by atoms with van der Waals surface area (Å²) in [6, 6.07) is 7.05. The zero-order valence-corrected chi connectivity index (χ0v) is 14.0. The van der Waals surface area contributed by atoms with Crippen molar-refractivity contribution in [1.29, 1.82) is 0 Å². The first kappa shape index (κ1) is 15.3. The monoisotopic (exact) mass is 325 g/mol. The number of benzene rings is 1. The lowest BCUT2D eigenvalue weighted by molar-refractivity contribution is -0.0369. The van der Waals surface area contributed by atoms with E-state index in [9.17, 15) is 9.00 Å². The van der Waals surface area contributed by atoms with E-state index in [4.69, 9.17) is 13.7 Å². The number of nitrogens with zero attached hydrogens (tertiary/aromatic N) is 1. The van der Waals surface area contributed by atoms with Gasteiger partial charge < -0.3 is 9.47 Å². The molecule has 22 heavy (non-hydrogen) atoms. The molecule has 120 valence electrons. The van der Waals surface area contributed by atoms with Gasteiger partial charge in [0, 0.05) is 0 Å². The van der Waals surface area contributed by atoms with Gasteiger partial charge in [-0.3, -0.25) is 4.18 Å². The van der Waals surface area contributed by atoms with Crippen LogP contribution in [0.25, 0.3) is 0 Å². The Morgan fingerprint density at radius 1 is 1.23 bits per heavy atom. The minimum absolute atomic E-state index is 0.482. The minimum atomic E-state index is -1.87. The van der Waals surface area contributed by atoms with Crippen LogP contribution in [0.4, 0.5) is 10.5 Å². The van der Waals surface area contributed by atoms with Crippen LogP contribution in [-0.4, -0.2) is 28.1 Å². The highest BCUT2D eigenvalue weighted by Crippen LogP contribution is 2.60. The van der Waals surface area contributed by atoms with Gasteiger partial charge in [-0.15, -0.1) is 0 Å². The second-order valence-electron chi connectivity index (χ2n) is 6.41. The zero-order valence-electron chi connectivity index (χ0n) is 13.2. The summed E-state index contributed by atoms with van der Waals surface area (Å²) in [5, 5.41) is -1.47. The topological polar surface area (TPSA) is 65.1 Å². The molecular weight excluding hydrogens is 306 g/mol. The van der Waals surface area contributed by atoms with E-state index in [-0.39, 0.29) is 0 Å². The van der Waals surface area contributed by atoms with Gasteiger partial charge in [0.25, 0.3) is 0 Å². The van der Waals surface area contributed by atoms with Crippen molar-refractivity contribution in [2.45, 2.75) is 38.4 Å². The molecule has 2 unspecified atom stereocenters. The van der Waals surface area contributed by atoms with Crippen molar-refractivity contribution in [3.8, 4) is 5.75 Å². The molecule has 0 radical (unpaired) electrons. The summed E-state index contributed by atoms with van der Waals surface area (Å²) in [5.74, 6) is 0.482. The molecule has 1 saturated heterocycles. The van der Waals surface area contributed by atoms with Gasteiger partial charge in [-0.05, 0) is 26.0 Å². The number of hydrogen-bond donors (Lipinski definition) is 0. The summed E-state index contributed by atoms with van der Waals surface area (Å²) in [6.45, 7) is 7.42. The number of carbonyl (C=O) groups excluding carboxylic acids is 1. The fourth-order valence-electron chi connectivity index (χ4n) is 2.85. The second-order valence-corrected chi connectivity index (χ2v) is 7.60. The van der Waals surface area contributed by atoms with Gasteiger partial charge in [0.1, 0.15) is 5.75 Å². The van der Waals surface area contributed by atoms with E-state index in [1.54, 1.807) is 24.3 Å². The highest BCUT2D eigenvalue weighted by atomic mass is 32.2. The molecule has 1 amide bonds. The van der Waals surface area contributed by atoms with Gasteiger partial charge >= 0.3 is 11.2 Å². The molecule has 2 heterocycles. The molecule has 1 aromatic carbocycles. The third-order valence-corrected chi connectivity index (χ3v) is 6.61. The standard InChI is InChI=1S/C15H19NO5S/c1-13(2)14(3,4)21-22(18)15(13)16(12(17)19-5)10-8-6-7-9-11(10)20-15/h6-9H,1-5H3. The number of amides is 1. The van der Waals surface area contributed by atoms with Crippen LogP contribution < -0.4 is 9.64 Å². The maximum absolute atomic E-state index is 12.8. The Balaban J connectivity index is 2.26. The molecule has 0 aromatic heterocycles. The Hall–Kier alpha value is -1.60. The van der Waals surface area contributed by atoms with Gasteiger partial charge in [0.15, 0.2) is 0 Å². The van der Waals surface area contributed by atoms with E-state index in [2.05, 4.69) is 0 Å². The van der Waals surface area contributed by atoms with E-state index < -0.39 is 33.2 Å². The number of para-hydroxylation sites is 2. The van der Waals surface area contributed by atoms with Crippen LogP contribution >= 0.6 is 0 Å². The smallest absolute Gasteiger partial charge is 0.418 e. The van der Waals surface area contributed by atoms with E-state index in [0.717, 1.165) is 0 Å². The molecule has 1 aromatic rings. The summed E-state index contributed by atoms with van der Waals surface area (Å²) in [6.07, 6.45) is -0.632. The first-order valence-corrected chi connectivity index (χ1v) is 8.04. The third-order valence-electron chi connectivity index (χ3n) is 4.81. The Labute approximate surface area is 132 Å². The fraction of sp³-hybridized carbons (Fsp3) is 0.533. The van der Waals surface area contributed by atoms with Gasteiger partial charge in [0.2, 0.25) is 11.1 Å². The average molecular weight is 325 g/mol. The maximum Gasteiger partial charge on any atom is 0.418 e. The van der Waals surface area contributed by atoms with Crippen molar-refractivity contribution < 1.29 is 22.7 Å². The van der Waals surface area contributed by atoms with E-state index in [1.165, 1.54) is 12.0 Å². The SMILES string of the molecule is COC(=O)N1c2ccccc2OC12S(=O)OC(C)(C)C2(C)C. The molecule has 3 rings (SSSR count). The van der Waals surface area contributed by atoms with Crippen LogP contribution in [0.5, 0.6) is 5.75 Å². The Bertz CT molecular complexity index is 672. The summed E-state index contributed by atoms with van der Waals surface area (Å²) in [5.41, 5.74) is -0.985. The average Bonchev–Trinajstić information content (AvgIpc) is 2.87. The molecule has 1 spiro atoms. The largest absolute Gasteiger partial charge is 0.452 e. The van der Waals surface area contributed by atoms with Crippen LogP contribution in [0, 0.1) is 5.41 Å². The normalized spacial score (nSPS) is 31.0. The molecule has 2 aliphatic heterocycles. The van der Waals surface area contributed by atoms with Crippen LogP contribution in [0.3, 0.4) is 0 Å². The first-order chi connectivity index (χ1) is 10.2. The maximum atomic E-state index is 12.8. The van der Waals surface area contributed by atoms with Gasteiger partial charge in [0.05, 0.1) is 23.8 Å². The molecule has 2 aliphatic rings. The lowest BCUT2D eigenvalue weighted by atomic mass is 9.75. The minimum Gasteiger partial charge on any atom is -0.452 e. The van der Waals surface area contributed by atoms with Crippen LogP contribution in [-0.2, 0) is 20.0 Å².